The van der Waals surface area contributed by atoms with Crippen LogP contribution in [0.15, 0.2) is 48.5 Å². The molecule has 1 fully saturated rings. The van der Waals surface area contributed by atoms with Gasteiger partial charge in [-0.2, -0.15) is 0 Å². The highest BCUT2D eigenvalue weighted by Gasteiger charge is 2.39. The van der Waals surface area contributed by atoms with Gasteiger partial charge in [0.1, 0.15) is 5.82 Å². The quantitative estimate of drug-likeness (QED) is 0.875. The van der Waals surface area contributed by atoms with Gasteiger partial charge >= 0.3 is 0 Å². The summed E-state index contributed by atoms with van der Waals surface area (Å²) in [5.74, 6) is -0.180. The molecule has 0 aromatic heterocycles. The van der Waals surface area contributed by atoms with Gasteiger partial charge in [-0.05, 0) is 31.0 Å². The van der Waals surface area contributed by atoms with Crippen molar-refractivity contribution in [2.75, 3.05) is 10.2 Å². The van der Waals surface area contributed by atoms with Gasteiger partial charge < -0.3 is 10.2 Å². The summed E-state index contributed by atoms with van der Waals surface area (Å²) in [5.41, 5.74) is 2.36. The Bertz CT molecular complexity index is 746. The molecule has 3 nitrogen and oxygen atoms in total. The van der Waals surface area contributed by atoms with Crippen LogP contribution in [0, 0.1) is 11.7 Å². The van der Waals surface area contributed by atoms with E-state index in [1.165, 1.54) is 6.07 Å². The monoisotopic (exact) mass is 326 g/mol. The maximum absolute atomic E-state index is 14.1. The number of anilines is 2. The van der Waals surface area contributed by atoms with Crippen molar-refractivity contribution in [2.45, 2.75) is 39.3 Å². The Labute approximate surface area is 142 Å². The number of nitrogens with one attached hydrogen (secondary N) is 1. The molecule has 1 saturated carbocycles. The van der Waals surface area contributed by atoms with Gasteiger partial charge in [-0.15, -0.1) is 0 Å². The fraction of sp³-hybridized carbons (Fsp3) is 0.350. The second-order valence-electron chi connectivity index (χ2n) is 6.32. The van der Waals surface area contributed by atoms with Gasteiger partial charge in [-0.1, -0.05) is 44.2 Å². The molecule has 2 aromatic carbocycles. The summed E-state index contributed by atoms with van der Waals surface area (Å²) < 4.78 is 14.1. The molecular weight excluding hydrogens is 303 g/mol. The van der Waals surface area contributed by atoms with Crippen LogP contribution in [0.5, 0.6) is 0 Å². The van der Waals surface area contributed by atoms with E-state index in [1.807, 2.05) is 30.3 Å². The minimum atomic E-state index is -0.266. The summed E-state index contributed by atoms with van der Waals surface area (Å²) in [6.45, 7) is 0.271. The molecule has 0 bridgehead atoms. The highest BCUT2D eigenvalue weighted by atomic mass is 19.1. The number of fused-ring (bicyclic) bond motifs is 2. The van der Waals surface area contributed by atoms with Crippen LogP contribution in [-0.4, -0.2) is 11.9 Å². The minimum Gasteiger partial charge on any atom is -0.380 e. The summed E-state index contributed by atoms with van der Waals surface area (Å²) >= 11 is 0. The molecular formula is C20H23FN2O. The molecule has 1 aliphatic carbocycles. The highest BCUT2D eigenvalue weighted by Crippen LogP contribution is 2.39. The van der Waals surface area contributed by atoms with E-state index in [-0.39, 0.29) is 37.7 Å². The minimum absolute atomic E-state index is 0. The Kier molecular flexibility index (Phi) is 4.56. The second kappa shape index (κ2) is 6.63. The summed E-state index contributed by atoms with van der Waals surface area (Å²) in [7, 11) is 0. The number of hydrogen-bond donors (Lipinski definition) is 1. The smallest absolute Gasteiger partial charge is 0.232 e. The van der Waals surface area contributed by atoms with Crippen LogP contribution in [0.2, 0.25) is 0 Å². The number of halogens is 1. The predicted octanol–water partition coefficient (Wildman–Crippen LogP) is 4.59. The molecule has 2 unspecified atom stereocenters. The molecule has 2 atom stereocenters. The SMILES string of the molecule is C.O=C1C2CCCC2Nc2ccccc2N1Cc1ccccc1F. The zero-order chi connectivity index (χ0) is 15.8. The summed E-state index contributed by atoms with van der Waals surface area (Å²) in [4.78, 5) is 14.8. The van der Waals surface area contributed by atoms with Gasteiger partial charge in [0.2, 0.25) is 5.91 Å². The largest absolute Gasteiger partial charge is 0.380 e. The fourth-order valence-electron chi connectivity index (χ4n) is 3.74. The van der Waals surface area contributed by atoms with Crippen molar-refractivity contribution in [3.63, 3.8) is 0 Å². The molecule has 1 aliphatic heterocycles. The summed E-state index contributed by atoms with van der Waals surface area (Å²) in [5, 5.41) is 3.53. The van der Waals surface area contributed by atoms with Gasteiger partial charge in [0.15, 0.2) is 0 Å². The molecule has 4 rings (SSSR count). The number of hydrogen-bond acceptors (Lipinski definition) is 2. The molecule has 126 valence electrons. The van der Waals surface area contributed by atoms with E-state index in [2.05, 4.69) is 5.32 Å². The van der Waals surface area contributed by atoms with E-state index in [4.69, 9.17) is 0 Å². The molecule has 2 aliphatic rings. The number of nitrogens with zero attached hydrogens (tertiary/aromatic N) is 1. The van der Waals surface area contributed by atoms with Crippen molar-refractivity contribution >= 4 is 17.3 Å². The van der Waals surface area contributed by atoms with Crippen molar-refractivity contribution < 1.29 is 9.18 Å². The number of carbonyl (C=O) groups excluding carboxylic acids is 1. The van der Waals surface area contributed by atoms with Crippen molar-refractivity contribution in [3.05, 3.63) is 59.9 Å². The average molecular weight is 326 g/mol. The third kappa shape index (κ3) is 2.77. The molecule has 1 N–H and O–H groups in total. The Morgan fingerprint density at radius 3 is 2.67 bits per heavy atom. The van der Waals surface area contributed by atoms with E-state index >= 15 is 0 Å². The topological polar surface area (TPSA) is 32.3 Å². The van der Waals surface area contributed by atoms with Crippen molar-refractivity contribution in [2.24, 2.45) is 5.92 Å². The lowest BCUT2D eigenvalue weighted by Gasteiger charge is -2.25. The Morgan fingerprint density at radius 2 is 1.83 bits per heavy atom. The summed E-state index contributed by atoms with van der Waals surface area (Å²) in [6, 6.07) is 14.7. The van der Waals surface area contributed by atoms with Gasteiger partial charge in [-0.3, -0.25) is 4.79 Å². The number of amides is 1. The highest BCUT2D eigenvalue weighted by molar-refractivity contribution is 6.00. The zero-order valence-electron chi connectivity index (χ0n) is 12.8. The first-order chi connectivity index (χ1) is 11.2. The lowest BCUT2D eigenvalue weighted by atomic mass is 10.0. The van der Waals surface area contributed by atoms with E-state index < -0.39 is 0 Å². The molecule has 0 spiro atoms. The van der Waals surface area contributed by atoms with E-state index in [0.717, 1.165) is 30.6 Å². The van der Waals surface area contributed by atoms with Gasteiger partial charge in [-0.25, -0.2) is 4.39 Å². The first kappa shape index (κ1) is 16.5. The molecule has 2 aromatic rings. The maximum atomic E-state index is 14.1. The van der Waals surface area contributed by atoms with Gasteiger partial charge in [0, 0.05) is 11.6 Å². The van der Waals surface area contributed by atoms with Gasteiger partial charge in [0.05, 0.1) is 23.8 Å². The van der Waals surface area contributed by atoms with Crippen molar-refractivity contribution in [1.29, 1.82) is 0 Å². The normalized spacial score (nSPS) is 22.0. The average Bonchev–Trinajstić information content (AvgIpc) is 2.99. The number of benzene rings is 2. The van der Waals surface area contributed by atoms with Crippen LogP contribution in [0.25, 0.3) is 0 Å². The number of para-hydroxylation sites is 2. The Morgan fingerprint density at radius 1 is 1.08 bits per heavy atom. The Balaban J connectivity index is 0.00000169. The summed E-state index contributed by atoms with van der Waals surface area (Å²) in [6.07, 6.45) is 2.97. The van der Waals surface area contributed by atoms with Crippen LogP contribution in [0.1, 0.15) is 32.3 Å². The lowest BCUT2D eigenvalue weighted by molar-refractivity contribution is -0.122. The number of rotatable bonds is 2. The molecule has 0 saturated heterocycles. The van der Waals surface area contributed by atoms with Crippen molar-refractivity contribution in [3.8, 4) is 0 Å². The van der Waals surface area contributed by atoms with Crippen LogP contribution in [0.3, 0.4) is 0 Å². The number of carbonyl (C=O) groups is 1. The second-order valence-corrected chi connectivity index (χ2v) is 6.32. The lowest BCUT2D eigenvalue weighted by Crippen LogP contribution is -2.38. The first-order valence-electron chi connectivity index (χ1n) is 8.14. The van der Waals surface area contributed by atoms with E-state index in [9.17, 15) is 9.18 Å². The van der Waals surface area contributed by atoms with Crippen LogP contribution in [0.4, 0.5) is 15.8 Å². The molecule has 1 amide bonds. The predicted molar refractivity (Wildman–Crippen MR) is 95.5 cm³/mol. The third-order valence-corrected chi connectivity index (χ3v) is 4.92. The Hall–Kier alpha value is -2.36. The maximum Gasteiger partial charge on any atom is 0.232 e. The molecule has 1 heterocycles. The zero-order valence-corrected chi connectivity index (χ0v) is 12.8. The van der Waals surface area contributed by atoms with Crippen LogP contribution < -0.4 is 10.2 Å². The standard InChI is InChI=1S/C19H19FN2O.CH4/c20-15-8-2-1-6-13(15)12-22-18-11-4-3-9-17(18)21-16-10-5-7-14(16)19(22)23;/h1-4,6,8-9,11,14,16,21H,5,7,10,12H2;1H4. The van der Waals surface area contributed by atoms with E-state index in [0.29, 0.717) is 5.56 Å². The molecule has 0 radical (unpaired) electrons. The first-order valence-corrected chi connectivity index (χ1v) is 8.14. The van der Waals surface area contributed by atoms with Gasteiger partial charge in [0.25, 0.3) is 0 Å². The fourth-order valence-corrected chi connectivity index (χ4v) is 3.74. The molecule has 24 heavy (non-hydrogen) atoms. The third-order valence-electron chi connectivity index (χ3n) is 4.92. The van der Waals surface area contributed by atoms with E-state index in [1.54, 1.807) is 17.0 Å². The molecule has 4 heteroatoms. The van der Waals surface area contributed by atoms with Crippen LogP contribution in [-0.2, 0) is 11.3 Å². The van der Waals surface area contributed by atoms with Crippen molar-refractivity contribution in [1.82, 2.24) is 0 Å². The van der Waals surface area contributed by atoms with Crippen LogP contribution >= 0.6 is 0 Å².